The van der Waals surface area contributed by atoms with E-state index in [2.05, 4.69) is 48.0 Å². The van der Waals surface area contributed by atoms with Crippen LogP contribution in [0.25, 0.3) is 10.9 Å². The summed E-state index contributed by atoms with van der Waals surface area (Å²) >= 11 is 0. The first-order valence-corrected chi connectivity index (χ1v) is 12.9. The Morgan fingerprint density at radius 3 is 2.54 bits per heavy atom. The van der Waals surface area contributed by atoms with Crippen LogP contribution in [0.3, 0.4) is 0 Å². The molecular weight excluding hydrogens is 462 g/mol. The van der Waals surface area contributed by atoms with Gasteiger partial charge in [0.05, 0.1) is 13.7 Å². The maximum atomic E-state index is 13.6. The topological polar surface area (TPSA) is 68.8 Å². The molecule has 1 fully saturated rings. The van der Waals surface area contributed by atoms with E-state index in [9.17, 15) is 9.90 Å². The van der Waals surface area contributed by atoms with Crippen LogP contribution in [0, 0.1) is 0 Å². The van der Waals surface area contributed by atoms with E-state index in [1.54, 1.807) is 12.0 Å². The second-order valence-corrected chi connectivity index (χ2v) is 10.2. The van der Waals surface area contributed by atoms with Crippen LogP contribution in [-0.4, -0.2) is 58.3 Å². The number of aliphatic hydroxyl groups excluding tert-OH is 1. The summed E-state index contributed by atoms with van der Waals surface area (Å²) in [6.07, 6.45) is -0.0506. The Bertz CT molecular complexity index is 1360. The van der Waals surface area contributed by atoms with Crippen LogP contribution in [0.5, 0.6) is 5.75 Å². The number of amides is 1. The van der Waals surface area contributed by atoms with Crippen LogP contribution < -0.4 is 4.74 Å². The molecule has 3 aromatic carbocycles. The summed E-state index contributed by atoms with van der Waals surface area (Å²) in [6, 6.07) is 26.4. The number of nitrogens with zero attached hydrogens (tertiary/aromatic N) is 2. The number of aromatic amines is 1. The van der Waals surface area contributed by atoms with Gasteiger partial charge in [0, 0.05) is 30.0 Å². The number of β-amino-alcohol motifs (C(OH)–C–C–N with tert-alkyl or cyclic N) is 1. The third-order valence-corrected chi connectivity index (χ3v) is 7.31. The van der Waals surface area contributed by atoms with Crippen molar-refractivity contribution in [3.05, 3.63) is 101 Å². The van der Waals surface area contributed by atoms with Gasteiger partial charge in [-0.25, -0.2) is 0 Å². The number of carbonyl (C=O) groups is 1. The van der Waals surface area contributed by atoms with Gasteiger partial charge < -0.3 is 19.7 Å². The van der Waals surface area contributed by atoms with Gasteiger partial charge in [0.2, 0.25) is 0 Å². The second kappa shape index (κ2) is 10.8. The first kappa shape index (κ1) is 25.1. The van der Waals surface area contributed by atoms with Gasteiger partial charge in [0.1, 0.15) is 17.7 Å². The Morgan fingerprint density at radius 1 is 1.00 bits per heavy atom. The van der Waals surface area contributed by atoms with E-state index < -0.39 is 6.23 Å². The molecule has 2 N–H and O–H groups in total. The Morgan fingerprint density at radius 2 is 1.78 bits per heavy atom. The molecule has 1 saturated heterocycles. The third-order valence-electron chi connectivity index (χ3n) is 7.31. The fourth-order valence-corrected chi connectivity index (χ4v) is 5.22. The number of H-pyrrole nitrogens is 1. The molecule has 2 atom stereocenters. The number of hydrogen-bond donors (Lipinski definition) is 2. The van der Waals surface area contributed by atoms with Crippen molar-refractivity contribution in [2.75, 3.05) is 20.2 Å². The van der Waals surface area contributed by atoms with Crippen molar-refractivity contribution in [3.63, 3.8) is 0 Å². The molecule has 6 heteroatoms. The zero-order valence-electron chi connectivity index (χ0n) is 21.7. The zero-order chi connectivity index (χ0) is 25.9. The van der Waals surface area contributed by atoms with Crippen LogP contribution in [0.4, 0.5) is 0 Å². The molecule has 0 spiro atoms. The van der Waals surface area contributed by atoms with E-state index in [0.717, 1.165) is 28.6 Å². The molecule has 0 bridgehead atoms. The first-order chi connectivity index (χ1) is 17.9. The molecule has 192 valence electrons. The minimum absolute atomic E-state index is 0.0433. The van der Waals surface area contributed by atoms with Crippen molar-refractivity contribution >= 4 is 16.8 Å². The highest BCUT2D eigenvalue weighted by Crippen LogP contribution is 2.26. The summed E-state index contributed by atoms with van der Waals surface area (Å²) in [4.78, 5) is 20.8. The summed E-state index contributed by atoms with van der Waals surface area (Å²) in [5, 5.41) is 12.3. The lowest BCUT2D eigenvalue weighted by Crippen LogP contribution is -2.60. The number of rotatable bonds is 7. The maximum Gasteiger partial charge on any atom is 0.270 e. The zero-order valence-corrected chi connectivity index (χ0v) is 21.7. The van der Waals surface area contributed by atoms with Gasteiger partial charge in [0.15, 0.2) is 0 Å². The lowest BCUT2D eigenvalue weighted by molar-refractivity contribution is -0.0834. The predicted molar refractivity (Wildman–Crippen MR) is 147 cm³/mol. The first-order valence-electron chi connectivity index (χ1n) is 12.9. The van der Waals surface area contributed by atoms with Gasteiger partial charge >= 0.3 is 0 Å². The quantitative estimate of drug-likeness (QED) is 0.369. The minimum Gasteiger partial charge on any atom is -0.497 e. The molecule has 37 heavy (non-hydrogen) atoms. The summed E-state index contributed by atoms with van der Waals surface area (Å²) < 4.78 is 5.40. The van der Waals surface area contributed by atoms with E-state index in [0.29, 0.717) is 24.7 Å². The van der Waals surface area contributed by atoms with Crippen LogP contribution in [0.1, 0.15) is 46.9 Å². The van der Waals surface area contributed by atoms with Gasteiger partial charge in [-0.15, -0.1) is 0 Å². The molecule has 6 nitrogen and oxygen atoms in total. The number of piperazine rings is 1. The summed E-state index contributed by atoms with van der Waals surface area (Å²) in [5.74, 6) is 1.13. The van der Waals surface area contributed by atoms with Gasteiger partial charge in [0.25, 0.3) is 5.91 Å². The van der Waals surface area contributed by atoms with Crippen molar-refractivity contribution in [1.29, 1.82) is 0 Å². The van der Waals surface area contributed by atoms with Gasteiger partial charge in [-0.3, -0.25) is 9.69 Å². The fraction of sp³-hybridized carbons (Fsp3) is 0.323. The molecule has 2 heterocycles. The average molecular weight is 498 g/mol. The van der Waals surface area contributed by atoms with Crippen molar-refractivity contribution in [3.8, 4) is 5.75 Å². The summed E-state index contributed by atoms with van der Waals surface area (Å²) in [6.45, 7) is 5.68. The van der Waals surface area contributed by atoms with E-state index in [-0.39, 0.29) is 18.5 Å². The lowest BCUT2D eigenvalue weighted by atomic mass is 10.00. The van der Waals surface area contributed by atoms with Crippen molar-refractivity contribution in [1.82, 2.24) is 14.8 Å². The highest BCUT2D eigenvalue weighted by molar-refractivity contribution is 5.98. The van der Waals surface area contributed by atoms with Crippen molar-refractivity contribution in [2.24, 2.45) is 0 Å². The Balaban J connectivity index is 1.40. The standard InChI is InChI=1S/C31H35N3O3/c1-21(2)24-12-13-28-25(16-24)17-29(32-28)31(36)33-19-26(14-22-8-5-4-6-9-22)34(30(35)20-33)18-23-10-7-11-27(15-23)37-3/h4-13,15-17,21,26,30,32,35H,14,18-20H2,1-3H3/t26-,30?/m0/s1. The van der Waals surface area contributed by atoms with Crippen LogP contribution in [-0.2, 0) is 13.0 Å². The monoisotopic (exact) mass is 497 g/mol. The van der Waals surface area contributed by atoms with E-state index >= 15 is 0 Å². The SMILES string of the molecule is COc1cccc(CN2C(O)CN(C(=O)c3cc4cc(C(C)C)ccc4[nH]3)C[C@@H]2Cc2ccccc2)c1. The number of carbonyl (C=O) groups excluding carboxylic acids is 1. The van der Waals surface area contributed by atoms with Crippen LogP contribution in [0.15, 0.2) is 78.9 Å². The van der Waals surface area contributed by atoms with Crippen molar-refractivity contribution in [2.45, 2.75) is 45.0 Å². The van der Waals surface area contributed by atoms with Crippen LogP contribution >= 0.6 is 0 Å². The maximum absolute atomic E-state index is 13.6. The predicted octanol–water partition coefficient (Wildman–Crippen LogP) is 5.19. The normalized spacial score (nSPS) is 18.5. The number of aromatic nitrogens is 1. The smallest absolute Gasteiger partial charge is 0.270 e. The third kappa shape index (κ3) is 5.55. The molecule has 1 aliphatic heterocycles. The number of methoxy groups -OCH3 is 1. The Labute approximate surface area is 218 Å². The number of benzene rings is 3. The largest absolute Gasteiger partial charge is 0.497 e. The molecule has 5 rings (SSSR count). The minimum atomic E-state index is -0.783. The summed E-state index contributed by atoms with van der Waals surface area (Å²) in [7, 11) is 1.66. The molecule has 4 aromatic rings. The van der Waals surface area contributed by atoms with E-state index in [1.165, 1.54) is 11.1 Å². The van der Waals surface area contributed by atoms with Gasteiger partial charge in [-0.2, -0.15) is 0 Å². The number of hydrogen-bond acceptors (Lipinski definition) is 4. The highest BCUT2D eigenvalue weighted by Gasteiger charge is 2.36. The molecular formula is C31H35N3O3. The molecule has 0 radical (unpaired) electrons. The molecule has 0 saturated carbocycles. The number of ether oxygens (including phenoxy) is 1. The molecule has 1 aromatic heterocycles. The van der Waals surface area contributed by atoms with Gasteiger partial charge in [-0.1, -0.05) is 62.4 Å². The lowest BCUT2D eigenvalue weighted by Gasteiger charge is -2.44. The molecule has 1 aliphatic rings. The fourth-order valence-electron chi connectivity index (χ4n) is 5.22. The average Bonchev–Trinajstić information content (AvgIpc) is 3.34. The number of aliphatic hydroxyl groups is 1. The van der Waals surface area contributed by atoms with Crippen LogP contribution in [0.2, 0.25) is 0 Å². The van der Waals surface area contributed by atoms with E-state index in [1.807, 2.05) is 54.6 Å². The molecule has 0 aliphatic carbocycles. The number of nitrogens with one attached hydrogen (secondary N) is 1. The Hall–Kier alpha value is -3.61. The molecule has 1 unspecified atom stereocenters. The van der Waals surface area contributed by atoms with Crippen molar-refractivity contribution < 1.29 is 14.6 Å². The number of fused-ring (bicyclic) bond motifs is 1. The second-order valence-electron chi connectivity index (χ2n) is 10.2. The Kier molecular flexibility index (Phi) is 7.31. The van der Waals surface area contributed by atoms with Gasteiger partial charge in [-0.05, 0) is 59.4 Å². The van der Waals surface area contributed by atoms with E-state index in [4.69, 9.17) is 4.74 Å². The summed E-state index contributed by atoms with van der Waals surface area (Å²) in [5.41, 5.74) is 4.99. The highest BCUT2D eigenvalue weighted by atomic mass is 16.5. The molecule has 1 amide bonds.